The third-order valence-corrected chi connectivity index (χ3v) is 6.13. The van der Waals surface area contributed by atoms with Crippen molar-refractivity contribution in [2.75, 3.05) is 13.1 Å². The van der Waals surface area contributed by atoms with Gasteiger partial charge in [0.05, 0.1) is 35.3 Å². The number of fused-ring (bicyclic) bond motifs is 1. The Hall–Kier alpha value is -3.48. The highest BCUT2D eigenvalue weighted by molar-refractivity contribution is 6.08. The minimum atomic E-state index is 0.0541. The van der Waals surface area contributed by atoms with Gasteiger partial charge in [-0.05, 0) is 37.5 Å². The number of nitrogens with zero attached hydrogens (tertiary/aromatic N) is 6. The Morgan fingerprint density at radius 3 is 2.83 bits per heavy atom. The Morgan fingerprint density at radius 1 is 1.23 bits per heavy atom. The third-order valence-electron chi connectivity index (χ3n) is 6.13. The Balaban J connectivity index is 1.59. The molecule has 1 saturated heterocycles. The molecule has 0 spiro atoms. The first-order valence-electron chi connectivity index (χ1n) is 10.2. The van der Waals surface area contributed by atoms with Crippen molar-refractivity contribution < 1.29 is 4.79 Å². The molecule has 1 atom stereocenters. The van der Waals surface area contributed by atoms with Crippen molar-refractivity contribution in [3.8, 4) is 11.3 Å². The fraction of sp³-hybridized carbons (Fsp3) is 0.304. The minimum Gasteiger partial charge on any atom is -0.336 e. The molecule has 4 heterocycles. The maximum Gasteiger partial charge on any atom is 0.254 e. The summed E-state index contributed by atoms with van der Waals surface area (Å²) in [4.78, 5) is 24.6. The highest BCUT2D eigenvalue weighted by atomic mass is 16.2. The molecule has 1 fully saturated rings. The van der Waals surface area contributed by atoms with Gasteiger partial charge in [0.25, 0.3) is 5.91 Å². The predicted octanol–water partition coefficient (Wildman–Crippen LogP) is 3.54. The standard InChI is InChI=1S/C23H24N6O/c1-15-4-5-19-20(23(30)28-8-6-18(13-28)29-9-7-24-14-29)10-21(26-22(19)16(15)2)17-11-25-27(3)12-17/h4-5,7,9-12,14,18H,6,8,13H2,1-3H3. The highest BCUT2D eigenvalue weighted by Crippen LogP contribution is 2.30. The van der Waals surface area contributed by atoms with Gasteiger partial charge in [0, 0.05) is 49.7 Å². The van der Waals surface area contributed by atoms with E-state index in [1.807, 2.05) is 42.8 Å². The minimum absolute atomic E-state index is 0.0541. The van der Waals surface area contributed by atoms with Crippen LogP contribution in [-0.2, 0) is 7.05 Å². The van der Waals surface area contributed by atoms with Gasteiger partial charge in [0.15, 0.2) is 0 Å². The van der Waals surface area contributed by atoms with Gasteiger partial charge in [-0.2, -0.15) is 5.10 Å². The van der Waals surface area contributed by atoms with E-state index >= 15 is 0 Å². The summed E-state index contributed by atoms with van der Waals surface area (Å²) < 4.78 is 3.84. The molecule has 152 valence electrons. The number of likely N-dealkylation sites (tertiary alicyclic amines) is 1. The average Bonchev–Trinajstić information content (AvgIpc) is 3.50. The first kappa shape index (κ1) is 18.5. The fourth-order valence-electron chi connectivity index (χ4n) is 4.23. The molecule has 3 aromatic heterocycles. The van der Waals surface area contributed by atoms with Crippen molar-refractivity contribution in [1.29, 1.82) is 0 Å². The summed E-state index contributed by atoms with van der Waals surface area (Å²) >= 11 is 0. The van der Waals surface area contributed by atoms with E-state index in [4.69, 9.17) is 4.98 Å². The van der Waals surface area contributed by atoms with E-state index < -0.39 is 0 Å². The summed E-state index contributed by atoms with van der Waals surface area (Å²) in [6, 6.07) is 6.28. The van der Waals surface area contributed by atoms with Crippen molar-refractivity contribution in [2.24, 2.45) is 7.05 Å². The first-order valence-corrected chi connectivity index (χ1v) is 10.2. The molecule has 1 aliphatic rings. The molecule has 0 bridgehead atoms. The highest BCUT2D eigenvalue weighted by Gasteiger charge is 2.29. The smallest absolute Gasteiger partial charge is 0.254 e. The van der Waals surface area contributed by atoms with Gasteiger partial charge in [0.1, 0.15) is 0 Å². The number of hydrogen-bond acceptors (Lipinski definition) is 4. The van der Waals surface area contributed by atoms with Crippen molar-refractivity contribution in [2.45, 2.75) is 26.3 Å². The van der Waals surface area contributed by atoms with Crippen LogP contribution < -0.4 is 0 Å². The van der Waals surface area contributed by atoms with Crippen LogP contribution in [0.15, 0.2) is 49.3 Å². The van der Waals surface area contributed by atoms with E-state index in [1.165, 1.54) is 0 Å². The molecule has 1 amide bonds. The van der Waals surface area contributed by atoms with Gasteiger partial charge in [-0.1, -0.05) is 12.1 Å². The number of carbonyl (C=O) groups is 1. The SMILES string of the molecule is Cc1ccc2c(C(=O)N3CCC(n4ccnc4)C3)cc(-c3cnn(C)c3)nc2c1C. The molecule has 7 nitrogen and oxygen atoms in total. The zero-order chi connectivity index (χ0) is 20.8. The molecule has 5 rings (SSSR count). The first-order chi connectivity index (χ1) is 14.5. The topological polar surface area (TPSA) is 68.8 Å². The summed E-state index contributed by atoms with van der Waals surface area (Å²) in [5, 5.41) is 5.18. The molecule has 1 unspecified atom stereocenters. The summed E-state index contributed by atoms with van der Waals surface area (Å²) in [6.07, 6.45) is 10.2. The second kappa shape index (κ2) is 7.09. The van der Waals surface area contributed by atoms with E-state index in [0.717, 1.165) is 46.3 Å². The van der Waals surface area contributed by atoms with Crippen LogP contribution in [0.5, 0.6) is 0 Å². The lowest BCUT2D eigenvalue weighted by Gasteiger charge is -2.19. The number of amides is 1. The second-order valence-corrected chi connectivity index (χ2v) is 8.06. The Labute approximate surface area is 175 Å². The van der Waals surface area contributed by atoms with Crippen LogP contribution in [-0.4, -0.2) is 48.2 Å². The second-order valence-electron chi connectivity index (χ2n) is 8.06. The van der Waals surface area contributed by atoms with Gasteiger partial charge in [-0.3, -0.25) is 9.48 Å². The normalized spacial score (nSPS) is 16.5. The molecule has 0 saturated carbocycles. The van der Waals surface area contributed by atoms with E-state index in [9.17, 15) is 4.79 Å². The Bertz CT molecular complexity index is 1240. The zero-order valence-corrected chi connectivity index (χ0v) is 17.4. The Morgan fingerprint density at radius 2 is 2.10 bits per heavy atom. The monoisotopic (exact) mass is 400 g/mol. The van der Waals surface area contributed by atoms with Crippen LogP contribution in [0.2, 0.25) is 0 Å². The average molecular weight is 400 g/mol. The zero-order valence-electron chi connectivity index (χ0n) is 17.4. The van der Waals surface area contributed by atoms with Crippen molar-refractivity contribution in [3.05, 3.63) is 66.0 Å². The summed E-state index contributed by atoms with van der Waals surface area (Å²) in [5.41, 5.74) is 5.53. The largest absolute Gasteiger partial charge is 0.336 e. The maximum absolute atomic E-state index is 13.6. The molecular formula is C23H24N6O. The lowest BCUT2D eigenvalue weighted by Crippen LogP contribution is -2.29. The van der Waals surface area contributed by atoms with Crippen molar-refractivity contribution in [1.82, 2.24) is 29.2 Å². The van der Waals surface area contributed by atoms with E-state index in [-0.39, 0.29) is 11.9 Å². The lowest BCUT2D eigenvalue weighted by molar-refractivity contribution is 0.0789. The molecule has 7 heteroatoms. The van der Waals surface area contributed by atoms with Crippen molar-refractivity contribution in [3.63, 3.8) is 0 Å². The molecule has 1 aliphatic heterocycles. The van der Waals surface area contributed by atoms with Gasteiger partial charge in [-0.15, -0.1) is 0 Å². The molecule has 0 aliphatic carbocycles. The predicted molar refractivity (Wildman–Crippen MR) is 115 cm³/mol. The molecule has 0 radical (unpaired) electrons. The fourth-order valence-corrected chi connectivity index (χ4v) is 4.23. The summed E-state index contributed by atoms with van der Waals surface area (Å²) in [5.74, 6) is 0.0541. The summed E-state index contributed by atoms with van der Waals surface area (Å²) in [6.45, 7) is 5.56. The van der Waals surface area contributed by atoms with Crippen LogP contribution in [0.4, 0.5) is 0 Å². The van der Waals surface area contributed by atoms with Crippen LogP contribution in [0.25, 0.3) is 22.2 Å². The van der Waals surface area contributed by atoms with Crippen LogP contribution in [0, 0.1) is 13.8 Å². The quantitative estimate of drug-likeness (QED) is 0.528. The number of aromatic nitrogens is 5. The number of rotatable bonds is 3. The van der Waals surface area contributed by atoms with E-state index in [1.54, 1.807) is 17.1 Å². The van der Waals surface area contributed by atoms with Crippen LogP contribution in [0.1, 0.15) is 33.9 Å². The van der Waals surface area contributed by atoms with Crippen LogP contribution >= 0.6 is 0 Å². The van der Waals surface area contributed by atoms with Crippen LogP contribution in [0.3, 0.4) is 0 Å². The van der Waals surface area contributed by atoms with Gasteiger partial charge in [-0.25, -0.2) is 9.97 Å². The maximum atomic E-state index is 13.6. The number of carbonyl (C=O) groups excluding carboxylic acids is 1. The molecular weight excluding hydrogens is 376 g/mol. The van der Waals surface area contributed by atoms with E-state index in [2.05, 4.69) is 34.6 Å². The van der Waals surface area contributed by atoms with Crippen molar-refractivity contribution >= 4 is 16.8 Å². The summed E-state index contributed by atoms with van der Waals surface area (Å²) in [7, 11) is 1.88. The molecule has 30 heavy (non-hydrogen) atoms. The van der Waals surface area contributed by atoms with Gasteiger partial charge < -0.3 is 9.47 Å². The van der Waals surface area contributed by atoms with Gasteiger partial charge >= 0.3 is 0 Å². The number of aryl methyl sites for hydroxylation is 3. The number of imidazole rings is 1. The lowest BCUT2D eigenvalue weighted by atomic mass is 9.99. The van der Waals surface area contributed by atoms with E-state index in [0.29, 0.717) is 12.1 Å². The Kier molecular flexibility index (Phi) is 4.38. The number of hydrogen-bond donors (Lipinski definition) is 0. The number of benzene rings is 1. The molecule has 4 aromatic rings. The molecule has 0 N–H and O–H groups in total. The number of pyridine rings is 1. The molecule has 1 aromatic carbocycles. The van der Waals surface area contributed by atoms with Gasteiger partial charge in [0.2, 0.25) is 0 Å². The third kappa shape index (κ3) is 3.07.